The average Bonchev–Trinajstić information content (AvgIpc) is 3.17. The van der Waals surface area contributed by atoms with Crippen LogP contribution in [0.1, 0.15) is 5.56 Å². The average molecular weight is 426 g/mol. The van der Waals surface area contributed by atoms with Crippen LogP contribution in [0.25, 0.3) is 33.4 Å². The highest BCUT2D eigenvalue weighted by atomic mass is 19.1. The number of hydrogen-bond acceptors (Lipinski definition) is 2. The Labute approximate surface area is 184 Å². The molecular formula is C27H20F2N2O. The van der Waals surface area contributed by atoms with Gasteiger partial charge in [-0.1, -0.05) is 30.3 Å². The molecule has 0 unspecified atom stereocenters. The van der Waals surface area contributed by atoms with Gasteiger partial charge in [-0.25, -0.2) is 8.78 Å². The van der Waals surface area contributed by atoms with Crippen LogP contribution >= 0.6 is 0 Å². The van der Waals surface area contributed by atoms with Crippen LogP contribution in [-0.2, 0) is 6.54 Å². The van der Waals surface area contributed by atoms with Crippen LogP contribution in [0.2, 0.25) is 0 Å². The summed E-state index contributed by atoms with van der Waals surface area (Å²) < 4.78 is 35.3. The van der Waals surface area contributed by atoms with Crippen molar-refractivity contribution in [2.45, 2.75) is 6.54 Å². The molecule has 0 N–H and O–H groups in total. The fourth-order valence-corrected chi connectivity index (χ4v) is 3.96. The number of benzene rings is 3. The van der Waals surface area contributed by atoms with Crippen molar-refractivity contribution >= 4 is 10.9 Å². The molecule has 5 aromatic rings. The number of hydrogen-bond donors (Lipinski definition) is 0. The molecule has 0 aliphatic heterocycles. The van der Waals surface area contributed by atoms with E-state index in [1.807, 2.05) is 77.5 Å². The lowest BCUT2D eigenvalue weighted by Gasteiger charge is -2.12. The standard InChI is InChI=1S/C27H20F2N2O/c1-32-24-9-7-19(8-10-24)25-13-21-14-26(20-11-22(28)15-23(29)12-20)31(27(21)16-30-25)17-18-5-3-2-4-6-18/h2-16H,17H2,1H3. The van der Waals surface area contributed by atoms with E-state index in [2.05, 4.69) is 4.98 Å². The summed E-state index contributed by atoms with van der Waals surface area (Å²) in [4.78, 5) is 4.67. The van der Waals surface area contributed by atoms with Crippen LogP contribution < -0.4 is 4.74 Å². The van der Waals surface area contributed by atoms with E-state index < -0.39 is 11.6 Å². The Kier molecular flexibility index (Phi) is 5.15. The predicted molar refractivity (Wildman–Crippen MR) is 123 cm³/mol. The molecule has 0 spiro atoms. The van der Waals surface area contributed by atoms with Crippen molar-refractivity contribution < 1.29 is 13.5 Å². The molecule has 0 radical (unpaired) electrons. The number of halogens is 2. The monoisotopic (exact) mass is 426 g/mol. The number of pyridine rings is 1. The maximum atomic E-state index is 14.0. The molecule has 0 saturated heterocycles. The molecular weight excluding hydrogens is 406 g/mol. The summed E-state index contributed by atoms with van der Waals surface area (Å²) >= 11 is 0. The molecule has 0 bridgehead atoms. The minimum absolute atomic E-state index is 0.487. The summed E-state index contributed by atoms with van der Waals surface area (Å²) in [5.74, 6) is -0.429. The van der Waals surface area contributed by atoms with E-state index in [0.29, 0.717) is 12.1 Å². The highest BCUT2D eigenvalue weighted by Gasteiger charge is 2.15. The van der Waals surface area contributed by atoms with Crippen molar-refractivity contribution in [1.29, 1.82) is 0 Å². The lowest BCUT2D eigenvalue weighted by atomic mass is 10.1. The SMILES string of the molecule is COc1ccc(-c2cc3cc(-c4cc(F)cc(F)c4)n(Cc4ccccc4)c3cn2)cc1. The largest absolute Gasteiger partial charge is 0.497 e. The Balaban J connectivity index is 1.66. The van der Waals surface area contributed by atoms with E-state index >= 15 is 0 Å². The number of ether oxygens (including phenoxy) is 1. The van der Waals surface area contributed by atoms with Crippen molar-refractivity contribution in [2.24, 2.45) is 0 Å². The Morgan fingerprint density at radius 3 is 2.22 bits per heavy atom. The molecule has 32 heavy (non-hydrogen) atoms. The van der Waals surface area contributed by atoms with E-state index in [4.69, 9.17) is 4.74 Å². The van der Waals surface area contributed by atoms with Crippen molar-refractivity contribution in [3.63, 3.8) is 0 Å². The third-order valence-corrected chi connectivity index (χ3v) is 5.52. The van der Waals surface area contributed by atoms with E-state index in [9.17, 15) is 8.78 Å². The minimum atomic E-state index is -0.603. The topological polar surface area (TPSA) is 27.1 Å². The molecule has 2 aromatic heterocycles. The zero-order chi connectivity index (χ0) is 22.1. The lowest BCUT2D eigenvalue weighted by Crippen LogP contribution is -2.02. The number of rotatable bonds is 5. The van der Waals surface area contributed by atoms with Crippen LogP contribution in [0.5, 0.6) is 5.75 Å². The second-order valence-corrected chi connectivity index (χ2v) is 7.62. The van der Waals surface area contributed by atoms with Gasteiger partial charge in [-0.05, 0) is 54.1 Å². The van der Waals surface area contributed by atoms with Gasteiger partial charge in [0.1, 0.15) is 17.4 Å². The normalized spacial score (nSPS) is 11.1. The van der Waals surface area contributed by atoms with Gasteiger partial charge < -0.3 is 9.30 Å². The maximum absolute atomic E-state index is 14.0. The molecule has 0 fully saturated rings. The first kappa shape index (κ1) is 19.9. The fraction of sp³-hybridized carbons (Fsp3) is 0.0741. The highest BCUT2D eigenvalue weighted by molar-refractivity contribution is 5.89. The van der Waals surface area contributed by atoms with Gasteiger partial charge in [0, 0.05) is 34.8 Å². The maximum Gasteiger partial charge on any atom is 0.126 e. The Hall–Kier alpha value is -3.99. The lowest BCUT2D eigenvalue weighted by molar-refractivity contribution is 0.415. The molecule has 0 saturated carbocycles. The Morgan fingerprint density at radius 2 is 1.53 bits per heavy atom. The first-order valence-electron chi connectivity index (χ1n) is 10.2. The van der Waals surface area contributed by atoms with Crippen molar-refractivity contribution in [3.8, 4) is 28.3 Å². The van der Waals surface area contributed by atoms with Crippen LogP contribution in [0.15, 0.2) is 91.1 Å². The summed E-state index contributed by atoms with van der Waals surface area (Å²) in [7, 11) is 1.63. The summed E-state index contributed by atoms with van der Waals surface area (Å²) in [6, 6.07) is 25.2. The molecule has 2 heterocycles. The van der Waals surface area contributed by atoms with Gasteiger partial charge in [0.25, 0.3) is 0 Å². The van der Waals surface area contributed by atoms with Gasteiger partial charge in [0.05, 0.1) is 24.5 Å². The van der Waals surface area contributed by atoms with Gasteiger partial charge in [0.15, 0.2) is 0 Å². The molecule has 5 rings (SSSR count). The van der Waals surface area contributed by atoms with Gasteiger partial charge >= 0.3 is 0 Å². The number of aromatic nitrogens is 2. The van der Waals surface area contributed by atoms with Gasteiger partial charge in [-0.3, -0.25) is 4.98 Å². The van der Waals surface area contributed by atoms with Crippen LogP contribution in [0.4, 0.5) is 8.78 Å². The van der Waals surface area contributed by atoms with Crippen LogP contribution in [0.3, 0.4) is 0 Å². The van der Waals surface area contributed by atoms with E-state index in [1.165, 1.54) is 12.1 Å². The van der Waals surface area contributed by atoms with Crippen LogP contribution in [-0.4, -0.2) is 16.7 Å². The highest BCUT2D eigenvalue weighted by Crippen LogP contribution is 2.32. The second kappa shape index (κ2) is 8.27. The molecule has 0 aliphatic rings. The molecule has 158 valence electrons. The summed E-state index contributed by atoms with van der Waals surface area (Å²) in [5, 5.41) is 0.946. The first-order valence-corrected chi connectivity index (χ1v) is 10.2. The summed E-state index contributed by atoms with van der Waals surface area (Å²) in [5.41, 5.74) is 4.97. The van der Waals surface area contributed by atoms with Crippen molar-refractivity contribution in [2.75, 3.05) is 7.11 Å². The first-order chi connectivity index (χ1) is 15.6. The van der Waals surface area contributed by atoms with Gasteiger partial charge in [0.2, 0.25) is 0 Å². The molecule has 0 atom stereocenters. The molecule has 0 amide bonds. The third kappa shape index (κ3) is 3.85. The zero-order valence-electron chi connectivity index (χ0n) is 17.4. The molecule has 3 aromatic carbocycles. The van der Waals surface area contributed by atoms with Gasteiger partial charge in [-0.15, -0.1) is 0 Å². The molecule has 3 nitrogen and oxygen atoms in total. The van der Waals surface area contributed by atoms with E-state index in [1.54, 1.807) is 7.11 Å². The Morgan fingerprint density at radius 1 is 0.812 bits per heavy atom. The number of fused-ring (bicyclic) bond motifs is 1. The van der Waals surface area contributed by atoms with Crippen molar-refractivity contribution in [1.82, 2.24) is 9.55 Å². The molecule has 5 heteroatoms. The number of nitrogens with zero attached hydrogens (tertiary/aromatic N) is 2. The fourth-order valence-electron chi connectivity index (χ4n) is 3.96. The Bertz CT molecular complexity index is 1370. The quantitative estimate of drug-likeness (QED) is 0.312. The van der Waals surface area contributed by atoms with Crippen LogP contribution in [0, 0.1) is 11.6 Å². The smallest absolute Gasteiger partial charge is 0.126 e. The summed E-state index contributed by atoms with van der Waals surface area (Å²) in [6.07, 6.45) is 1.82. The molecule has 0 aliphatic carbocycles. The second-order valence-electron chi connectivity index (χ2n) is 7.62. The third-order valence-electron chi connectivity index (χ3n) is 5.52. The van der Waals surface area contributed by atoms with Crippen molar-refractivity contribution in [3.05, 3.63) is 108 Å². The predicted octanol–water partition coefficient (Wildman–Crippen LogP) is 6.71. The number of methoxy groups -OCH3 is 1. The van der Waals surface area contributed by atoms with E-state index in [0.717, 1.165) is 45.2 Å². The summed E-state index contributed by atoms with van der Waals surface area (Å²) in [6.45, 7) is 0.557. The van der Waals surface area contributed by atoms with Gasteiger partial charge in [-0.2, -0.15) is 0 Å². The minimum Gasteiger partial charge on any atom is -0.497 e. The zero-order valence-corrected chi connectivity index (χ0v) is 17.4. The van der Waals surface area contributed by atoms with E-state index in [-0.39, 0.29) is 0 Å².